The first-order valence-electron chi connectivity index (χ1n) is 4.69. The van der Waals surface area contributed by atoms with Crippen molar-refractivity contribution in [3.05, 3.63) is 28.8 Å². The van der Waals surface area contributed by atoms with Crippen LogP contribution < -0.4 is 4.74 Å². The van der Waals surface area contributed by atoms with Gasteiger partial charge in [-0.2, -0.15) is 0 Å². The molecule has 4 heteroatoms. The number of hydrogen-bond acceptors (Lipinski definition) is 3. The highest BCUT2D eigenvalue weighted by Gasteiger charge is 2.42. The lowest BCUT2D eigenvalue weighted by molar-refractivity contribution is -0.202. The summed E-state index contributed by atoms with van der Waals surface area (Å²) in [5.41, 5.74) is 0.585. The number of hydrogen-bond donors (Lipinski definition) is 0. The van der Waals surface area contributed by atoms with Gasteiger partial charge in [-0.1, -0.05) is 17.7 Å². The van der Waals surface area contributed by atoms with E-state index in [4.69, 9.17) is 25.8 Å². The number of methoxy groups -OCH3 is 2. The molecule has 1 aromatic carbocycles. The zero-order valence-corrected chi connectivity index (χ0v) is 9.50. The smallest absolute Gasteiger partial charge is 0.141 e. The molecule has 0 unspecified atom stereocenters. The Balaban J connectivity index is 2.36. The topological polar surface area (TPSA) is 27.7 Å². The molecule has 1 fully saturated rings. The van der Waals surface area contributed by atoms with E-state index >= 15 is 0 Å². The fourth-order valence-electron chi connectivity index (χ4n) is 1.66. The minimum atomic E-state index is -0.372. The average Bonchev–Trinajstić information content (AvgIpc) is 2.19. The summed E-state index contributed by atoms with van der Waals surface area (Å²) in [5, 5.41) is 0.652. The molecule has 1 heterocycles. The van der Waals surface area contributed by atoms with Crippen LogP contribution in [0.5, 0.6) is 5.75 Å². The number of halogens is 1. The monoisotopic (exact) mass is 228 g/mol. The summed E-state index contributed by atoms with van der Waals surface area (Å²) < 4.78 is 15.7. The van der Waals surface area contributed by atoms with E-state index in [1.54, 1.807) is 20.3 Å². The van der Waals surface area contributed by atoms with E-state index in [1.807, 2.05) is 12.1 Å². The fraction of sp³-hybridized carbons (Fsp3) is 0.455. The Kier molecular flexibility index (Phi) is 2.87. The van der Waals surface area contributed by atoms with Crippen molar-refractivity contribution in [2.75, 3.05) is 27.4 Å². The minimum absolute atomic E-state index is 0.372. The first-order valence-corrected chi connectivity index (χ1v) is 5.06. The third kappa shape index (κ3) is 1.71. The zero-order chi connectivity index (χ0) is 10.9. The summed E-state index contributed by atoms with van der Waals surface area (Å²) in [6.45, 7) is 1.10. The van der Waals surface area contributed by atoms with Crippen LogP contribution in [0.1, 0.15) is 5.56 Å². The van der Waals surface area contributed by atoms with Gasteiger partial charge in [-0.25, -0.2) is 0 Å². The third-order valence-electron chi connectivity index (χ3n) is 2.73. The van der Waals surface area contributed by atoms with Crippen LogP contribution in [0.3, 0.4) is 0 Å². The molecular formula is C11H13ClO3. The van der Waals surface area contributed by atoms with Crippen molar-refractivity contribution in [3.8, 4) is 5.75 Å². The molecule has 1 aliphatic heterocycles. The molecule has 0 bridgehead atoms. The Hall–Kier alpha value is -0.770. The second kappa shape index (κ2) is 4.00. The maximum absolute atomic E-state index is 6.17. The van der Waals surface area contributed by atoms with Crippen molar-refractivity contribution in [2.24, 2.45) is 0 Å². The van der Waals surface area contributed by atoms with Crippen LogP contribution in [0.2, 0.25) is 5.02 Å². The van der Waals surface area contributed by atoms with Crippen LogP contribution in [0.4, 0.5) is 0 Å². The van der Waals surface area contributed by atoms with Gasteiger partial charge in [0.15, 0.2) is 0 Å². The minimum Gasteiger partial charge on any atom is -0.497 e. The SMILES string of the molecule is COc1ccc(C2(OC)COC2)c(Cl)c1. The molecule has 3 nitrogen and oxygen atoms in total. The molecule has 0 radical (unpaired) electrons. The first-order chi connectivity index (χ1) is 7.22. The molecular weight excluding hydrogens is 216 g/mol. The summed E-state index contributed by atoms with van der Waals surface area (Å²) in [6.07, 6.45) is 0. The van der Waals surface area contributed by atoms with Crippen LogP contribution in [-0.4, -0.2) is 27.4 Å². The van der Waals surface area contributed by atoms with Gasteiger partial charge in [-0.3, -0.25) is 0 Å². The molecule has 0 aromatic heterocycles. The lowest BCUT2D eigenvalue weighted by atomic mass is 9.91. The Morgan fingerprint density at radius 3 is 2.47 bits per heavy atom. The third-order valence-corrected chi connectivity index (χ3v) is 3.04. The molecule has 1 aliphatic rings. The Labute approximate surface area is 93.9 Å². The van der Waals surface area contributed by atoms with E-state index < -0.39 is 0 Å². The summed E-state index contributed by atoms with van der Waals surface area (Å²) in [7, 11) is 3.28. The van der Waals surface area contributed by atoms with Gasteiger partial charge in [-0.15, -0.1) is 0 Å². The van der Waals surface area contributed by atoms with Crippen LogP contribution in [0.15, 0.2) is 18.2 Å². The molecule has 2 rings (SSSR count). The normalized spacial score (nSPS) is 18.3. The highest BCUT2D eigenvalue weighted by Crippen LogP contribution is 2.38. The molecule has 0 spiro atoms. The van der Waals surface area contributed by atoms with Gasteiger partial charge in [0.25, 0.3) is 0 Å². The van der Waals surface area contributed by atoms with E-state index in [1.165, 1.54) is 0 Å². The quantitative estimate of drug-likeness (QED) is 0.794. The molecule has 15 heavy (non-hydrogen) atoms. The van der Waals surface area contributed by atoms with Crippen LogP contribution in [0, 0.1) is 0 Å². The lowest BCUT2D eigenvalue weighted by Crippen LogP contribution is -2.48. The second-order valence-electron chi connectivity index (χ2n) is 3.54. The standard InChI is InChI=1S/C11H13ClO3/c1-13-8-3-4-9(10(12)5-8)11(14-2)6-15-7-11/h3-5H,6-7H2,1-2H3. The molecule has 0 aliphatic carbocycles. The molecule has 0 saturated carbocycles. The van der Waals surface area contributed by atoms with E-state index in [0.29, 0.717) is 18.2 Å². The second-order valence-corrected chi connectivity index (χ2v) is 3.94. The maximum atomic E-state index is 6.17. The van der Waals surface area contributed by atoms with Gasteiger partial charge < -0.3 is 14.2 Å². The van der Waals surface area contributed by atoms with Gasteiger partial charge in [0.05, 0.1) is 25.3 Å². The van der Waals surface area contributed by atoms with Crippen molar-refractivity contribution in [2.45, 2.75) is 5.60 Å². The predicted octanol–water partition coefficient (Wildman–Crippen LogP) is 2.22. The first kappa shape index (κ1) is 10.7. The molecule has 0 N–H and O–H groups in total. The van der Waals surface area contributed by atoms with E-state index in [2.05, 4.69) is 0 Å². The van der Waals surface area contributed by atoms with Crippen molar-refractivity contribution in [1.82, 2.24) is 0 Å². The molecule has 1 aromatic rings. The van der Waals surface area contributed by atoms with E-state index in [0.717, 1.165) is 11.3 Å². The van der Waals surface area contributed by atoms with Crippen LogP contribution in [-0.2, 0) is 15.1 Å². The van der Waals surface area contributed by atoms with Crippen LogP contribution >= 0.6 is 11.6 Å². The molecule has 0 atom stereocenters. The van der Waals surface area contributed by atoms with Crippen molar-refractivity contribution >= 4 is 11.6 Å². The molecule has 1 saturated heterocycles. The van der Waals surface area contributed by atoms with Crippen molar-refractivity contribution in [3.63, 3.8) is 0 Å². The largest absolute Gasteiger partial charge is 0.497 e. The lowest BCUT2D eigenvalue weighted by Gasteiger charge is -2.40. The molecule has 82 valence electrons. The predicted molar refractivity (Wildman–Crippen MR) is 57.5 cm³/mol. The summed E-state index contributed by atoms with van der Waals surface area (Å²) >= 11 is 6.17. The van der Waals surface area contributed by atoms with E-state index in [-0.39, 0.29) is 5.60 Å². The van der Waals surface area contributed by atoms with E-state index in [9.17, 15) is 0 Å². The highest BCUT2D eigenvalue weighted by molar-refractivity contribution is 6.31. The summed E-state index contributed by atoms with van der Waals surface area (Å²) in [4.78, 5) is 0. The number of benzene rings is 1. The van der Waals surface area contributed by atoms with Gasteiger partial charge in [0, 0.05) is 12.7 Å². The fourth-order valence-corrected chi connectivity index (χ4v) is 2.01. The van der Waals surface area contributed by atoms with Gasteiger partial charge in [0.1, 0.15) is 11.4 Å². The number of ether oxygens (including phenoxy) is 3. The summed E-state index contributed by atoms with van der Waals surface area (Å²) in [5.74, 6) is 0.746. The number of rotatable bonds is 3. The summed E-state index contributed by atoms with van der Waals surface area (Å²) in [6, 6.07) is 5.59. The van der Waals surface area contributed by atoms with Crippen LogP contribution in [0.25, 0.3) is 0 Å². The Morgan fingerprint density at radius 2 is 2.07 bits per heavy atom. The zero-order valence-electron chi connectivity index (χ0n) is 8.75. The Morgan fingerprint density at radius 1 is 1.33 bits per heavy atom. The van der Waals surface area contributed by atoms with Gasteiger partial charge >= 0.3 is 0 Å². The van der Waals surface area contributed by atoms with Gasteiger partial charge in [-0.05, 0) is 12.1 Å². The average molecular weight is 229 g/mol. The van der Waals surface area contributed by atoms with Crippen molar-refractivity contribution < 1.29 is 14.2 Å². The maximum Gasteiger partial charge on any atom is 0.141 e. The van der Waals surface area contributed by atoms with Crippen molar-refractivity contribution in [1.29, 1.82) is 0 Å². The van der Waals surface area contributed by atoms with Gasteiger partial charge in [0.2, 0.25) is 0 Å². The molecule has 0 amide bonds. The highest BCUT2D eigenvalue weighted by atomic mass is 35.5. The Bertz CT molecular complexity index is 355.